The minimum atomic E-state index is -0.340. The summed E-state index contributed by atoms with van der Waals surface area (Å²) >= 11 is 5.89. The van der Waals surface area contributed by atoms with Crippen molar-refractivity contribution in [3.8, 4) is 0 Å². The highest BCUT2D eigenvalue weighted by Gasteiger charge is 2.27. The summed E-state index contributed by atoms with van der Waals surface area (Å²) in [4.78, 5) is 23.5. The lowest BCUT2D eigenvalue weighted by Gasteiger charge is -2.20. The molecule has 19 heavy (non-hydrogen) atoms. The van der Waals surface area contributed by atoms with Crippen LogP contribution >= 0.6 is 11.6 Å². The summed E-state index contributed by atoms with van der Waals surface area (Å²) in [6.45, 7) is 3.36. The summed E-state index contributed by atoms with van der Waals surface area (Å²) in [5, 5.41) is 8.01. The molecule has 1 aromatic rings. The van der Waals surface area contributed by atoms with E-state index in [1.165, 1.54) is 0 Å². The van der Waals surface area contributed by atoms with Crippen LogP contribution in [0, 0.1) is 6.92 Å². The quantitative estimate of drug-likeness (QED) is 0.732. The van der Waals surface area contributed by atoms with Gasteiger partial charge in [-0.25, -0.2) is 0 Å². The first-order valence-electron chi connectivity index (χ1n) is 6.23. The maximum absolute atomic E-state index is 11.9. The molecule has 0 radical (unpaired) electrons. The van der Waals surface area contributed by atoms with Gasteiger partial charge in [-0.1, -0.05) is 17.7 Å². The molecule has 1 atom stereocenters. The van der Waals surface area contributed by atoms with Crippen molar-refractivity contribution in [3.05, 3.63) is 28.8 Å². The lowest BCUT2D eigenvalue weighted by Crippen LogP contribution is -2.96. The van der Waals surface area contributed by atoms with Crippen LogP contribution in [0.5, 0.6) is 0 Å². The first kappa shape index (κ1) is 13.8. The van der Waals surface area contributed by atoms with Gasteiger partial charge in [0.2, 0.25) is 5.91 Å². The first-order chi connectivity index (χ1) is 9.06. The Kier molecular flexibility index (Phi) is 4.39. The number of piperazine rings is 1. The molecule has 4 N–H and O–H groups in total. The van der Waals surface area contributed by atoms with Gasteiger partial charge >= 0.3 is 0 Å². The summed E-state index contributed by atoms with van der Waals surface area (Å²) in [6, 6.07) is 4.99. The van der Waals surface area contributed by atoms with Crippen LogP contribution in [-0.4, -0.2) is 30.9 Å². The number of aryl methyl sites for hydroxylation is 1. The lowest BCUT2D eigenvalue weighted by molar-refractivity contribution is -0.678. The van der Waals surface area contributed by atoms with E-state index in [0.717, 1.165) is 12.1 Å². The zero-order valence-corrected chi connectivity index (χ0v) is 11.5. The summed E-state index contributed by atoms with van der Waals surface area (Å²) in [7, 11) is 0. The lowest BCUT2D eigenvalue weighted by atomic mass is 10.1. The molecule has 0 aliphatic carbocycles. The molecule has 2 rings (SSSR count). The van der Waals surface area contributed by atoms with Gasteiger partial charge in [-0.15, -0.1) is 0 Å². The Morgan fingerprint density at radius 2 is 2.37 bits per heavy atom. The number of carbonyl (C=O) groups is 2. The molecule has 0 unspecified atom stereocenters. The van der Waals surface area contributed by atoms with Gasteiger partial charge in [0.05, 0.1) is 19.5 Å². The molecule has 1 saturated heterocycles. The number of halogens is 1. The second kappa shape index (κ2) is 6.04. The molecular weight excluding hydrogens is 266 g/mol. The number of benzene rings is 1. The van der Waals surface area contributed by atoms with Crippen molar-refractivity contribution < 1.29 is 14.9 Å². The molecule has 2 amide bonds. The van der Waals surface area contributed by atoms with Crippen molar-refractivity contribution in [2.24, 2.45) is 0 Å². The topological polar surface area (TPSA) is 74.8 Å². The van der Waals surface area contributed by atoms with E-state index in [1.807, 2.05) is 18.3 Å². The number of hydrogen-bond acceptors (Lipinski definition) is 2. The van der Waals surface area contributed by atoms with Gasteiger partial charge in [0.25, 0.3) is 5.91 Å². The third kappa shape index (κ3) is 3.68. The SMILES string of the molecule is Cc1ccc(Cl)cc1NC(=O)C[C@H]1[NH2+]CCNC1=O. The average molecular weight is 283 g/mol. The van der Waals surface area contributed by atoms with Crippen LogP contribution in [0.4, 0.5) is 5.69 Å². The smallest absolute Gasteiger partial charge is 0.278 e. The Balaban J connectivity index is 1.97. The van der Waals surface area contributed by atoms with E-state index in [9.17, 15) is 9.59 Å². The highest BCUT2D eigenvalue weighted by molar-refractivity contribution is 6.31. The maximum Gasteiger partial charge on any atom is 0.278 e. The zero-order chi connectivity index (χ0) is 13.8. The van der Waals surface area contributed by atoms with Crippen molar-refractivity contribution in [2.75, 3.05) is 18.4 Å². The van der Waals surface area contributed by atoms with Crippen LogP contribution in [0.2, 0.25) is 5.02 Å². The Bertz CT molecular complexity index is 505. The number of anilines is 1. The van der Waals surface area contributed by atoms with E-state index in [-0.39, 0.29) is 24.3 Å². The number of carbonyl (C=O) groups excluding carboxylic acids is 2. The molecule has 5 nitrogen and oxygen atoms in total. The van der Waals surface area contributed by atoms with Crippen molar-refractivity contribution in [1.29, 1.82) is 0 Å². The standard InChI is InChI=1S/C13H16ClN3O2/c1-8-2-3-9(14)6-10(8)17-12(18)7-11-13(19)16-5-4-15-11/h2-3,6,11,15H,4-5,7H2,1H3,(H,16,19)(H,17,18)/p+1/t11-/m1/s1. The van der Waals surface area contributed by atoms with E-state index in [2.05, 4.69) is 10.6 Å². The molecular formula is C13H17ClN3O2+. The zero-order valence-electron chi connectivity index (χ0n) is 10.7. The fraction of sp³-hybridized carbons (Fsp3) is 0.385. The second-order valence-corrected chi connectivity index (χ2v) is 5.07. The first-order valence-corrected chi connectivity index (χ1v) is 6.61. The largest absolute Gasteiger partial charge is 0.345 e. The maximum atomic E-state index is 11.9. The van der Waals surface area contributed by atoms with Gasteiger partial charge in [0.1, 0.15) is 0 Å². The normalized spacial score (nSPS) is 18.8. The predicted octanol–water partition coefficient (Wildman–Crippen LogP) is 0.0388. The number of hydrogen-bond donors (Lipinski definition) is 3. The molecule has 0 aromatic heterocycles. The predicted molar refractivity (Wildman–Crippen MR) is 73.0 cm³/mol. The molecule has 0 bridgehead atoms. The number of nitrogens with one attached hydrogen (secondary N) is 2. The summed E-state index contributed by atoms with van der Waals surface area (Å²) < 4.78 is 0. The van der Waals surface area contributed by atoms with E-state index in [1.54, 1.807) is 12.1 Å². The average Bonchev–Trinajstić information content (AvgIpc) is 2.37. The van der Waals surface area contributed by atoms with E-state index >= 15 is 0 Å². The highest BCUT2D eigenvalue weighted by Crippen LogP contribution is 2.20. The van der Waals surface area contributed by atoms with Gasteiger partial charge in [-0.05, 0) is 24.6 Å². The third-order valence-electron chi connectivity index (χ3n) is 3.11. The Labute approximate surface area is 116 Å². The summed E-state index contributed by atoms with van der Waals surface area (Å²) in [5.41, 5.74) is 1.63. The Hall–Kier alpha value is -1.59. The van der Waals surface area contributed by atoms with Crippen molar-refractivity contribution in [2.45, 2.75) is 19.4 Å². The molecule has 102 valence electrons. The van der Waals surface area contributed by atoms with E-state index in [0.29, 0.717) is 17.3 Å². The van der Waals surface area contributed by atoms with Crippen LogP contribution < -0.4 is 16.0 Å². The van der Waals surface area contributed by atoms with Gasteiger partial charge < -0.3 is 16.0 Å². The molecule has 0 saturated carbocycles. The third-order valence-corrected chi connectivity index (χ3v) is 3.35. The minimum Gasteiger partial charge on any atom is -0.345 e. The van der Waals surface area contributed by atoms with Gasteiger partial charge in [0, 0.05) is 10.7 Å². The van der Waals surface area contributed by atoms with Crippen molar-refractivity contribution >= 4 is 29.1 Å². The molecule has 1 heterocycles. The molecule has 1 aliphatic rings. The summed E-state index contributed by atoms with van der Waals surface area (Å²) in [5.74, 6) is -0.257. The second-order valence-electron chi connectivity index (χ2n) is 4.63. The van der Waals surface area contributed by atoms with Crippen molar-refractivity contribution in [3.63, 3.8) is 0 Å². The van der Waals surface area contributed by atoms with Gasteiger partial charge in [-0.3, -0.25) is 9.59 Å². The van der Waals surface area contributed by atoms with Crippen LogP contribution in [-0.2, 0) is 9.59 Å². The number of nitrogens with two attached hydrogens (primary N) is 1. The number of rotatable bonds is 3. The Morgan fingerprint density at radius 1 is 1.58 bits per heavy atom. The fourth-order valence-corrected chi connectivity index (χ4v) is 2.20. The number of amides is 2. The fourth-order valence-electron chi connectivity index (χ4n) is 2.02. The van der Waals surface area contributed by atoms with Crippen LogP contribution in [0.3, 0.4) is 0 Å². The highest BCUT2D eigenvalue weighted by atomic mass is 35.5. The molecule has 6 heteroatoms. The van der Waals surface area contributed by atoms with Gasteiger partial charge in [0.15, 0.2) is 6.04 Å². The molecule has 1 aliphatic heterocycles. The Morgan fingerprint density at radius 3 is 3.11 bits per heavy atom. The van der Waals surface area contributed by atoms with Crippen LogP contribution in [0.25, 0.3) is 0 Å². The monoisotopic (exact) mass is 282 g/mol. The van der Waals surface area contributed by atoms with E-state index in [4.69, 9.17) is 11.6 Å². The van der Waals surface area contributed by atoms with Crippen LogP contribution in [0.15, 0.2) is 18.2 Å². The van der Waals surface area contributed by atoms with E-state index < -0.39 is 0 Å². The number of quaternary nitrogens is 1. The van der Waals surface area contributed by atoms with Gasteiger partial charge in [-0.2, -0.15) is 0 Å². The molecule has 1 fully saturated rings. The minimum absolute atomic E-state index is 0.0794. The van der Waals surface area contributed by atoms with Crippen LogP contribution in [0.1, 0.15) is 12.0 Å². The summed E-state index contributed by atoms with van der Waals surface area (Å²) in [6.07, 6.45) is 0.164. The van der Waals surface area contributed by atoms with Crippen molar-refractivity contribution in [1.82, 2.24) is 5.32 Å². The molecule has 0 spiro atoms. The molecule has 1 aromatic carbocycles.